The molecule has 1 N–H and O–H groups in total. The van der Waals surface area contributed by atoms with Crippen LogP contribution in [-0.2, 0) is 16.1 Å². The average Bonchev–Trinajstić information content (AvgIpc) is 3.30. The van der Waals surface area contributed by atoms with Gasteiger partial charge < -0.3 is 19.4 Å². The summed E-state index contributed by atoms with van der Waals surface area (Å²) in [6.45, 7) is 4.45. The van der Waals surface area contributed by atoms with E-state index in [2.05, 4.69) is 9.97 Å². The number of nitrogens with zero attached hydrogens (tertiary/aromatic N) is 2. The maximum atomic E-state index is 12.7. The maximum absolute atomic E-state index is 12.7. The van der Waals surface area contributed by atoms with Crippen molar-refractivity contribution in [2.75, 3.05) is 19.8 Å². The number of hydrogen-bond donors (Lipinski definition) is 1. The van der Waals surface area contributed by atoms with Crippen molar-refractivity contribution >= 4 is 5.91 Å². The molecule has 26 heavy (non-hydrogen) atoms. The third-order valence-electron chi connectivity index (χ3n) is 5.27. The highest BCUT2D eigenvalue weighted by Gasteiger charge is 2.43. The number of amides is 1. The first-order valence-corrected chi connectivity index (χ1v) is 9.27. The molecule has 1 saturated carbocycles. The summed E-state index contributed by atoms with van der Waals surface area (Å²) in [6.07, 6.45) is 3.78. The predicted molar refractivity (Wildman–Crippen MR) is 96.7 cm³/mol. The smallest absolute Gasteiger partial charge is 0.270 e. The standard InChI is InChI=1S/C20H25N3O3/c1-14-4-2-5-16(22-14)13-25-12-15-10-18-19(11-15)26-9-8-23(18)20(24)17-6-3-7-21-17/h2-7,15,18-19,21H,8-13H2,1H3/t15-,18+,19+/m0/s1. The van der Waals surface area contributed by atoms with Crippen LogP contribution in [0.2, 0.25) is 0 Å². The van der Waals surface area contributed by atoms with Crippen LogP contribution in [0.5, 0.6) is 0 Å². The molecule has 2 fully saturated rings. The zero-order chi connectivity index (χ0) is 17.9. The van der Waals surface area contributed by atoms with Crippen molar-refractivity contribution in [1.82, 2.24) is 14.9 Å². The summed E-state index contributed by atoms with van der Waals surface area (Å²) in [5, 5.41) is 0. The van der Waals surface area contributed by atoms with Crippen molar-refractivity contribution in [1.29, 1.82) is 0 Å². The average molecular weight is 355 g/mol. The van der Waals surface area contributed by atoms with E-state index in [9.17, 15) is 4.79 Å². The van der Waals surface area contributed by atoms with Crippen LogP contribution >= 0.6 is 0 Å². The highest BCUT2D eigenvalue weighted by Crippen LogP contribution is 2.35. The Kier molecular flexibility index (Phi) is 5.04. The fourth-order valence-corrected chi connectivity index (χ4v) is 4.07. The second-order valence-electron chi connectivity index (χ2n) is 7.18. The van der Waals surface area contributed by atoms with Gasteiger partial charge in [-0.1, -0.05) is 6.07 Å². The summed E-state index contributed by atoms with van der Waals surface area (Å²) in [6, 6.07) is 9.81. The molecule has 3 heterocycles. The summed E-state index contributed by atoms with van der Waals surface area (Å²) >= 11 is 0. The molecule has 1 saturated heterocycles. The van der Waals surface area contributed by atoms with Gasteiger partial charge >= 0.3 is 0 Å². The van der Waals surface area contributed by atoms with Gasteiger partial charge in [0.2, 0.25) is 0 Å². The second-order valence-corrected chi connectivity index (χ2v) is 7.18. The SMILES string of the molecule is Cc1cccc(COC[C@H]2C[C@@H]3[C@@H](C2)OCCN3C(=O)c2ccc[nH]2)n1. The van der Waals surface area contributed by atoms with Crippen LogP contribution in [0, 0.1) is 12.8 Å². The molecule has 1 amide bonds. The molecule has 4 rings (SSSR count). The molecule has 0 bridgehead atoms. The molecule has 1 aliphatic carbocycles. The molecule has 0 radical (unpaired) electrons. The largest absolute Gasteiger partial charge is 0.375 e. The first-order chi connectivity index (χ1) is 12.7. The summed E-state index contributed by atoms with van der Waals surface area (Å²) in [5.41, 5.74) is 2.61. The van der Waals surface area contributed by atoms with Crippen molar-refractivity contribution in [2.45, 2.75) is 38.5 Å². The molecule has 0 aromatic carbocycles. The van der Waals surface area contributed by atoms with Gasteiger partial charge in [-0.25, -0.2) is 0 Å². The summed E-state index contributed by atoms with van der Waals surface area (Å²) in [4.78, 5) is 22.2. The normalized spacial score (nSPS) is 25.3. The number of aromatic amines is 1. The molecule has 2 aromatic heterocycles. The topological polar surface area (TPSA) is 67.5 Å². The summed E-state index contributed by atoms with van der Waals surface area (Å²) in [7, 11) is 0. The van der Waals surface area contributed by atoms with Crippen LogP contribution in [0.25, 0.3) is 0 Å². The molecule has 6 nitrogen and oxygen atoms in total. The Labute approximate surface area is 153 Å². The highest BCUT2D eigenvalue weighted by atomic mass is 16.5. The lowest BCUT2D eigenvalue weighted by molar-refractivity contribution is -0.0452. The lowest BCUT2D eigenvalue weighted by atomic mass is 10.1. The quantitative estimate of drug-likeness (QED) is 0.895. The zero-order valence-corrected chi connectivity index (χ0v) is 15.1. The van der Waals surface area contributed by atoms with Crippen LogP contribution in [0.1, 0.15) is 34.7 Å². The number of ether oxygens (including phenoxy) is 2. The van der Waals surface area contributed by atoms with E-state index >= 15 is 0 Å². The number of carbonyl (C=O) groups excluding carboxylic acids is 1. The van der Waals surface area contributed by atoms with Crippen molar-refractivity contribution in [3.05, 3.63) is 53.6 Å². The molecular formula is C20H25N3O3. The van der Waals surface area contributed by atoms with Crippen LogP contribution in [0.15, 0.2) is 36.5 Å². The van der Waals surface area contributed by atoms with E-state index in [0.717, 1.165) is 24.2 Å². The number of rotatable bonds is 5. The Hall–Kier alpha value is -2.18. The Balaban J connectivity index is 1.33. The van der Waals surface area contributed by atoms with Crippen LogP contribution in [0.3, 0.4) is 0 Å². The van der Waals surface area contributed by atoms with Gasteiger partial charge in [0.1, 0.15) is 5.69 Å². The molecule has 138 valence electrons. The lowest BCUT2D eigenvalue weighted by Crippen LogP contribution is -2.51. The fourth-order valence-electron chi connectivity index (χ4n) is 4.07. The fraction of sp³-hybridized carbons (Fsp3) is 0.500. The van der Waals surface area contributed by atoms with Crippen LogP contribution in [-0.4, -0.2) is 52.7 Å². The number of aromatic nitrogens is 2. The molecule has 6 heteroatoms. The Morgan fingerprint density at radius 2 is 2.27 bits per heavy atom. The number of H-pyrrole nitrogens is 1. The van der Waals surface area contributed by atoms with E-state index in [4.69, 9.17) is 9.47 Å². The first kappa shape index (κ1) is 17.2. The molecule has 0 spiro atoms. The van der Waals surface area contributed by atoms with Gasteiger partial charge in [-0.2, -0.15) is 0 Å². The Morgan fingerprint density at radius 1 is 1.35 bits per heavy atom. The summed E-state index contributed by atoms with van der Waals surface area (Å²) < 4.78 is 11.8. The van der Waals surface area contributed by atoms with E-state index in [1.165, 1.54) is 0 Å². The highest BCUT2D eigenvalue weighted by molar-refractivity contribution is 5.92. The number of carbonyl (C=O) groups is 1. The number of aryl methyl sites for hydroxylation is 1. The number of pyridine rings is 1. The van der Waals surface area contributed by atoms with Gasteiger partial charge in [0.15, 0.2) is 0 Å². The molecule has 3 atom stereocenters. The van der Waals surface area contributed by atoms with Crippen molar-refractivity contribution in [3.63, 3.8) is 0 Å². The molecular weight excluding hydrogens is 330 g/mol. The minimum absolute atomic E-state index is 0.0684. The molecule has 0 unspecified atom stereocenters. The maximum Gasteiger partial charge on any atom is 0.270 e. The Bertz CT molecular complexity index is 747. The van der Waals surface area contributed by atoms with Gasteiger partial charge in [-0.3, -0.25) is 9.78 Å². The molecule has 2 aliphatic rings. The third-order valence-corrected chi connectivity index (χ3v) is 5.27. The number of fused-ring (bicyclic) bond motifs is 1. The van der Waals surface area contributed by atoms with Crippen LogP contribution < -0.4 is 0 Å². The van der Waals surface area contributed by atoms with E-state index in [1.54, 1.807) is 6.20 Å². The van der Waals surface area contributed by atoms with Crippen molar-refractivity contribution in [3.8, 4) is 0 Å². The van der Waals surface area contributed by atoms with E-state index in [0.29, 0.717) is 38.0 Å². The van der Waals surface area contributed by atoms with Gasteiger partial charge in [0, 0.05) is 18.4 Å². The van der Waals surface area contributed by atoms with Gasteiger partial charge in [-0.15, -0.1) is 0 Å². The van der Waals surface area contributed by atoms with Crippen molar-refractivity contribution < 1.29 is 14.3 Å². The minimum Gasteiger partial charge on any atom is -0.375 e. The van der Waals surface area contributed by atoms with Crippen LogP contribution in [0.4, 0.5) is 0 Å². The zero-order valence-electron chi connectivity index (χ0n) is 15.1. The molecule has 2 aromatic rings. The number of nitrogens with one attached hydrogen (secondary N) is 1. The monoisotopic (exact) mass is 355 g/mol. The number of morpholine rings is 1. The second kappa shape index (κ2) is 7.60. The van der Waals surface area contributed by atoms with Gasteiger partial charge in [-0.05, 0) is 49.9 Å². The van der Waals surface area contributed by atoms with Gasteiger partial charge in [0.05, 0.1) is 37.7 Å². The van der Waals surface area contributed by atoms with E-state index in [1.807, 2.05) is 42.2 Å². The van der Waals surface area contributed by atoms with E-state index in [-0.39, 0.29) is 18.1 Å². The predicted octanol–water partition coefficient (Wildman–Crippen LogP) is 2.55. The van der Waals surface area contributed by atoms with Gasteiger partial charge in [0.25, 0.3) is 5.91 Å². The third kappa shape index (κ3) is 3.66. The Morgan fingerprint density at radius 3 is 3.08 bits per heavy atom. The van der Waals surface area contributed by atoms with Crippen molar-refractivity contribution in [2.24, 2.45) is 5.92 Å². The lowest BCUT2D eigenvalue weighted by Gasteiger charge is -2.37. The minimum atomic E-state index is 0.0684. The molecule has 1 aliphatic heterocycles. The van der Waals surface area contributed by atoms with E-state index < -0.39 is 0 Å². The first-order valence-electron chi connectivity index (χ1n) is 9.27. The number of hydrogen-bond acceptors (Lipinski definition) is 4. The summed E-state index contributed by atoms with van der Waals surface area (Å²) in [5.74, 6) is 0.477.